The van der Waals surface area contributed by atoms with Crippen LogP contribution in [0.2, 0.25) is 0 Å². The fourth-order valence-electron chi connectivity index (χ4n) is 1.78. The third-order valence-electron chi connectivity index (χ3n) is 2.51. The minimum atomic E-state index is -3.53. The fraction of sp³-hybridized carbons (Fsp3) is 0.700. The largest absolute Gasteiger partial charge is 0.281 e. The Balaban J connectivity index is 3.26. The van der Waals surface area contributed by atoms with Gasteiger partial charge in [-0.05, 0) is 27.7 Å². The van der Waals surface area contributed by atoms with Crippen molar-refractivity contribution in [2.24, 2.45) is 0 Å². The van der Waals surface area contributed by atoms with Crippen molar-refractivity contribution in [1.82, 2.24) is 14.5 Å². The summed E-state index contributed by atoms with van der Waals surface area (Å²) in [4.78, 5) is 0.260. The highest BCUT2D eigenvalue weighted by Crippen LogP contribution is 2.23. The molecular formula is C10H18ClN3O2S. The number of nitrogens with zero attached hydrogens (tertiary/aromatic N) is 2. The zero-order chi connectivity index (χ0) is 13.2. The van der Waals surface area contributed by atoms with Crippen LogP contribution < -0.4 is 0 Å². The van der Waals surface area contributed by atoms with E-state index in [-0.39, 0.29) is 16.8 Å². The maximum Gasteiger partial charge on any atom is 0.247 e. The first kappa shape index (κ1) is 14.5. The fourth-order valence-corrected chi connectivity index (χ4v) is 4.03. The van der Waals surface area contributed by atoms with E-state index in [1.165, 1.54) is 4.31 Å². The van der Waals surface area contributed by atoms with Gasteiger partial charge < -0.3 is 0 Å². The Kier molecular flexibility index (Phi) is 4.57. The van der Waals surface area contributed by atoms with Crippen molar-refractivity contribution in [2.75, 3.05) is 12.4 Å². The first-order valence-electron chi connectivity index (χ1n) is 5.41. The summed E-state index contributed by atoms with van der Waals surface area (Å²) in [5.74, 6) is 0.271. The van der Waals surface area contributed by atoms with E-state index in [1.807, 2.05) is 13.8 Å². The lowest BCUT2D eigenvalue weighted by atomic mass is 10.4. The first-order chi connectivity index (χ1) is 7.82. The number of sulfonamides is 1. The predicted molar refractivity (Wildman–Crippen MR) is 67.8 cm³/mol. The van der Waals surface area contributed by atoms with Crippen LogP contribution in [-0.2, 0) is 10.0 Å². The van der Waals surface area contributed by atoms with Crippen LogP contribution >= 0.6 is 11.6 Å². The van der Waals surface area contributed by atoms with Gasteiger partial charge in [-0.1, -0.05) is 0 Å². The lowest BCUT2D eigenvalue weighted by molar-refractivity contribution is 0.370. The zero-order valence-electron chi connectivity index (χ0n) is 10.5. The smallest absolute Gasteiger partial charge is 0.247 e. The van der Waals surface area contributed by atoms with Crippen LogP contribution in [0.1, 0.15) is 25.2 Å². The normalized spacial score (nSPS) is 12.6. The number of nitrogens with one attached hydrogen (secondary N) is 1. The predicted octanol–water partition coefficient (Wildman–Crippen LogP) is 1.66. The maximum absolute atomic E-state index is 12.5. The quantitative estimate of drug-likeness (QED) is 0.834. The number of hydrogen-bond donors (Lipinski definition) is 1. The lowest BCUT2D eigenvalue weighted by Gasteiger charge is -2.25. The van der Waals surface area contributed by atoms with E-state index >= 15 is 0 Å². The van der Waals surface area contributed by atoms with Crippen molar-refractivity contribution in [2.45, 2.75) is 38.6 Å². The molecule has 0 saturated carbocycles. The van der Waals surface area contributed by atoms with Gasteiger partial charge in [0, 0.05) is 18.5 Å². The number of rotatable bonds is 5. The highest BCUT2D eigenvalue weighted by atomic mass is 35.5. The molecule has 0 aromatic carbocycles. The summed E-state index contributed by atoms with van der Waals surface area (Å²) in [5, 5.41) is 6.61. The number of H-pyrrole nitrogens is 1. The second kappa shape index (κ2) is 5.37. The van der Waals surface area contributed by atoms with Crippen molar-refractivity contribution in [3.63, 3.8) is 0 Å². The molecule has 7 heteroatoms. The van der Waals surface area contributed by atoms with Gasteiger partial charge in [-0.3, -0.25) is 5.10 Å². The molecular weight excluding hydrogens is 262 g/mol. The number of aryl methyl sites for hydroxylation is 2. The molecule has 0 radical (unpaired) electrons. The summed E-state index contributed by atoms with van der Waals surface area (Å²) in [7, 11) is -3.53. The molecule has 0 saturated heterocycles. The van der Waals surface area contributed by atoms with Gasteiger partial charge in [0.1, 0.15) is 4.90 Å². The summed E-state index contributed by atoms with van der Waals surface area (Å²) in [6.07, 6.45) is 0. The number of hydrogen-bond acceptors (Lipinski definition) is 3. The standard InChI is InChI=1S/C10H18ClN3O2S/c1-7(2)14(6-5-11)17(15,16)10-8(3)12-13-9(10)4/h7H,5-6H2,1-4H3,(H,12,13). The Morgan fingerprint density at radius 2 is 2.00 bits per heavy atom. The molecule has 98 valence electrons. The van der Waals surface area contributed by atoms with E-state index in [1.54, 1.807) is 13.8 Å². The van der Waals surface area contributed by atoms with Crippen molar-refractivity contribution >= 4 is 21.6 Å². The molecule has 1 aromatic heterocycles. The average molecular weight is 280 g/mol. The monoisotopic (exact) mass is 279 g/mol. The topological polar surface area (TPSA) is 66.1 Å². The first-order valence-corrected chi connectivity index (χ1v) is 7.39. The van der Waals surface area contributed by atoms with E-state index < -0.39 is 10.0 Å². The van der Waals surface area contributed by atoms with Gasteiger partial charge in [0.25, 0.3) is 0 Å². The van der Waals surface area contributed by atoms with Crippen molar-refractivity contribution in [3.05, 3.63) is 11.4 Å². The zero-order valence-corrected chi connectivity index (χ0v) is 12.1. The van der Waals surface area contributed by atoms with E-state index in [9.17, 15) is 8.42 Å². The van der Waals surface area contributed by atoms with Gasteiger partial charge in [0.2, 0.25) is 10.0 Å². The van der Waals surface area contributed by atoms with E-state index in [4.69, 9.17) is 11.6 Å². The molecule has 0 amide bonds. The van der Waals surface area contributed by atoms with E-state index in [0.29, 0.717) is 17.9 Å². The third kappa shape index (κ3) is 2.81. The summed E-state index contributed by atoms with van der Waals surface area (Å²) in [6.45, 7) is 7.33. The number of aromatic amines is 1. The van der Waals surface area contributed by atoms with E-state index in [2.05, 4.69) is 10.2 Å². The van der Waals surface area contributed by atoms with Crippen LogP contribution in [0, 0.1) is 13.8 Å². The highest BCUT2D eigenvalue weighted by molar-refractivity contribution is 7.89. The Labute approximate surface area is 107 Å². The number of aromatic nitrogens is 2. The minimum absolute atomic E-state index is 0.132. The molecule has 0 atom stereocenters. The van der Waals surface area contributed by atoms with Gasteiger partial charge in [-0.2, -0.15) is 9.40 Å². The van der Waals surface area contributed by atoms with Crippen LogP contribution in [0.15, 0.2) is 4.90 Å². The molecule has 0 unspecified atom stereocenters. The second-order valence-electron chi connectivity index (χ2n) is 4.16. The van der Waals surface area contributed by atoms with E-state index in [0.717, 1.165) is 0 Å². The molecule has 0 fully saturated rings. The molecule has 0 spiro atoms. The van der Waals surface area contributed by atoms with Crippen molar-refractivity contribution < 1.29 is 8.42 Å². The SMILES string of the molecule is Cc1n[nH]c(C)c1S(=O)(=O)N(CCCl)C(C)C. The Morgan fingerprint density at radius 1 is 1.41 bits per heavy atom. The lowest BCUT2D eigenvalue weighted by Crippen LogP contribution is -2.38. The molecule has 1 rings (SSSR count). The summed E-state index contributed by atoms with van der Waals surface area (Å²) >= 11 is 5.66. The van der Waals surface area contributed by atoms with Gasteiger partial charge in [-0.25, -0.2) is 8.42 Å². The van der Waals surface area contributed by atoms with Gasteiger partial charge in [0.05, 0.1) is 11.4 Å². The molecule has 0 aliphatic carbocycles. The molecule has 0 aliphatic heterocycles. The van der Waals surface area contributed by atoms with Crippen molar-refractivity contribution in [3.8, 4) is 0 Å². The average Bonchev–Trinajstić information content (AvgIpc) is 2.54. The number of alkyl halides is 1. The Morgan fingerprint density at radius 3 is 2.35 bits per heavy atom. The molecule has 1 N–H and O–H groups in total. The van der Waals surface area contributed by atoms with Gasteiger partial charge in [0.15, 0.2) is 0 Å². The summed E-state index contributed by atoms with van der Waals surface area (Å²) in [5.41, 5.74) is 1.05. The highest BCUT2D eigenvalue weighted by Gasteiger charge is 2.30. The third-order valence-corrected chi connectivity index (χ3v) is 5.02. The van der Waals surface area contributed by atoms with Crippen LogP contribution in [0.3, 0.4) is 0 Å². The number of halogens is 1. The molecule has 5 nitrogen and oxygen atoms in total. The van der Waals surface area contributed by atoms with Crippen LogP contribution in [-0.4, -0.2) is 41.4 Å². The molecule has 1 heterocycles. The summed E-state index contributed by atoms with van der Waals surface area (Å²) < 4.78 is 26.3. The molecule has 1 aromatic rings. The Hall–Kier alpha value is -0.590. The molecule has 0 bridgehead atoms. The van der Waals surface area contributed by atoms with Crippen LogP contribution in [0.5, 0.6) is 0 Å². The minimum Gasteiger partial charge on any atom is -0.281 e. The van der Waals surface area contributed by atoms with Crippen LogP contribution in [0.4, 0.5) is 0 Å². The molecule has 0 aliphatic rings. The summed E-state index contributed by atoms with van der Waals surface area (Å²) in [6, 6.07) is -0.132. The molecule has 17 heavy (non-hydrogen) atoms. The maximum atomic E-state index is 12.5. The van der Waals surface area contributed by atoms with Gasteiger partial charge >= 0.3 is 0 Å². The van der Waals surface area contributed by atoms with Crippen LogP contribution in [0.25, 0.3) is 0 Å². The Bertz CT molecular complexity index is 462. The van der Waals surface area contributed by atoms with Crippen molar-refractivity contribution in [1.29, 1.82) is 0 Å². The van der Waals surface area contributed by atoms with Gasteiger partial charge in [-0.15, -0.1) is 11.6 Å². The second-order valence-corrected chi connectivity index (χ2v) is 6.37.